The molecule has 1 unspecified atom stereocenters. The fourth-order valence-corrected chi connectivity index (χ4v) is 9.10. The molecule has 15 nitrogen and oxygen atoms in total. The molecule has 0 spiro atoms. The summed E-state index contributed by atoms with van der Waals surface area (Å²) in [4.78, 5) is 82.4. The number of hydrogen-bond acceptors (Lipinski definition) is 10. The van der Waals surface area contributed by atoms with E-state index >= 15 is 0 Å². The lowest BCUT2D eigenvalue weighted by Crippen LogP contribution is -2.54. The summed E-state index contributed by atoms with van der Waals surface area (Å²) in [5.41, 5.74) is 6.72. The zero-order chi connectivity index (χ0) is 44.0. The summed E-state index contributed by atoms with van der Waals surface area (Å²) in [6.45, 7) is 4.32. The monoisotopic (exact) mass is 857 g/mol. The number of fused-ring (bicyclic) bond motifs is 3. The Hall–Kier alpha value is -6.51. The van der Waals surface area contributed by atoms with Crippen molar-refractivity contribution in [2.45, 2.75) is 109 Å². The summed E-state index contributed by atoms with van der Waals surface area (Å²) in [7, 11) is 1.58. The number of aryl methyl sites for hydroxylation is 3. The number of nitrogens with one attached hydrogen (secondary N) is 4. The topological polar surface area (TPSA) is 190 Å². The van der Waals surface area contributed by atoms with Crippen molar-refractivity contribution in [3.63, 3.8) is 0 Å². The van der Waals surface area contributed by atoms with Gasteiger partial charge in [0.15, 0.2) is 0 Å². The lowest BCUT2D eigenvalue weighted by molar-refractivity contribution is -0.136. The number of carbonyl (C=O) groups excluding carboxylic acids is 6. The minimum Gasteiger partial charge on any atom is -0.496 e. The summed E-state index contributed by atoms with van der Waals surface area (Å²) >= 11 is 0. The highest BCUT2D eigenvalue weighted by atomic mass is 16.5. The van der Waals surface area contributed by atoms with Crippen LogP contribution in [0.15, 0.2) is 54.7 Å². The predicted octanol–water partition coefficient (Wildman–Crippen LogP) is 5.97. The second-order valence-corrected chi connectivity index (χ2v) is 16.8. The van der Waals surface area contributed by atoms with Gasteiger partial charge < -0.3 is 30.0 Å². The van der Waals surface area contributed by atoms with Gasteiger partial charge in [-0.2, -0.15) is 0 Å². The van der Waals surface area contributed by atoms with Crippen LogP contribution >= 0.6 is 0 Å². The van der Waals surface area contributed by atoms with Gasteiger partial charge in [-0.05, 0) is 93.3 Å². The molecule has 330 valence electrons. The maximum Gasteiger partial charge on any atom is 0.264 e. The van der Waals surface area contributed by atoms with Crippen LogP contribution in [0.25, 0.3) is 11.3 Å². The molecule has 4 heterocycles. The number of anilines is 1. The molecular weight excluding hydrogens is 803 g/mol. The molecule has 4 N–H and O–H groups in total. The predicted molar refractivity (Wildman–Crippen MR) is 235 cm³/mol. The van der Waals surface area contributed by atoms with E-state index in [1.807, 2.05) is 6.92 Å². The van der Waals surface area contributed by atoms with E-state index in [4.69, 9.17) is 14.5 Å². The fourth-order valence-electron chi connectivity index (χ4n) is 9.10. The zero-order valence-electron chi connectivity index (χ0n) is 36.0. The third kappa shape index (κ3) is 9.47. The van der Waals surface area contributed by atoms with Crippen molar-refractivity contribution in [3.8, 4) is 22.8 Å². The van der Waals surface area contributed by atoms with Crippen molar-refractivity contribution in [2.24, 2.45) is 0 Å². The van der Waals surface area contributed by atoms with Gasteiger partial charge in [0, 0.05) is 67.5 Å². The van der Waals surface area contributed by atoms with E-state index in [1.165, 1.54) is 5.56 Å². The quantitative estimate of drug-likeness (QED) is 0.0646. The van der Waals surface area contributed by atoms with E-state index in [0.29, 0.717) is 55.3 Å². The molecule has 1 aliphatic carbocycles. The van der Waals surface area contributed by atoms with Gasteiger partial charge in [-0.15, -0.1) is 0 Å². The van der Waals surface area contributed by atoms with Gasteiger partial charge in [0.25, 0.3) is 17.7 Å². The first kappa shape index (κ1) is 43.2. The molecule has 6 amide bonds. The molecule has 0 bridgehead atoms. The molecule has 3 aromatic carbocycles. The van der Waals surface area contributed by atoms with Crippen LogP contribution in [0.4, 0.5) is 5.69 Å². The molecule has 0 radical (unpaired) electrons. The van der Waals surface area contributed by atoms with Crippen molar-refractivity contribution in [1.29, 1.82) is 0 Å². The number of rotatable bonds is 19. The molecule has 3 aliphatic heterocycles. The van der Waals surface area contributed by atoms with E-state index in [-0.39, 0.29) is 41.8 Å². The Bertz CT molecular complexity index is 2420. The van der Waals surface area contributed by atoms with Crippen LogP contribution in [0.3, 0.4) is 0 Å². The average Bonchev–Trinajstić information content (AvgIpc) is 4.05. The summed E-state index contributed by atoms with van der Waals surface area (Å²) < 4.78 is 14.0. The van der Waals surface area contributed by atoms with Gasteiger partial charge in [-0.3, -0.25) is 39.0 Å². The van der Waals surface area contributed by atoms with Crippen LogP contribution in [-0.2, 0) is 33.8 Å². The van der Waals surface area contributed by atoms with E-state index < -0.39 is 29.7 Å². The van der Waals surface area contributed by atoms with Crippen molar-refractivity contribution >= 4 is 41.1 Å². The first-order valence-electron chi connectivity index (χ1n) is 22.3. The van der Waals surface area contributed by atoms with Crippen LogP contribution < -0.4 is 30.7 Å². The number of benzene rings is 3. The average molecular weight is 858 g/mol. The maximum atomic E-state index is 13.7. The third-order valence-corrected chi connectivity index (χ3v) is 12.5. The number of nitrogens with zero attached hydrogens (tertiary/aromatic N) is 3. The van der Waals surface area contributed by atoms with E-state index in [1.54, 1.807) is 37.4 Å². The normalized spacial score (nSPS) is 17.6. The molecule has 1 saturated heterocycles. The minimum atomic E-state index is -1.00. The fraction of sp³-hybridized carbons (Fsp3) is 0.438. The smallest absolute Gasteiger partial charge is 0.264 e. The SMILES string of the molecule is COc1cc(C(=O)N[C@@H]2CCc3ccc(-c4cn5c(n4)CCC5)cc32)cc(OCCCNC(=O)CCCCCCCNc2cccc3c2C(=O)N(C2CCC(=O)NC2=O)C3=O)c1C. The Morgan fingerprint density at radius 1 is 0.889 bits per heavy atom. The summed E-state index contributed by atoms with van der Waals surface area (Å²) in [5.74, 6) is -0.0413. The number of ether oxygens (including phenoxy) is 2. The van der Waals surface area contributed by atoms with Crippen LogP contribution in [0.2, 0.25) is 0 Å². The molecule has 4 aliphatic rings. The largest absolute Gasteiger partial charge is 0.496 e. The van der Waals surface area contributed by atoms with Crippen LogP contribution in [0.1, 0.15) is 130 Å². The maximum absolute atomic E-state index is 13.7. The van der Waals surface area contributed by atoms with Gasteiger partial charge in [-0.1, -0.05) is 37.5 Å². The Balaban J connectivity index is 0.721. The molecular formula is C48H55N7O8. The Kier molecular flexibility index (Phi) is 13.2. The molecule has 2 atom stereocenters. The van der Waals surface area contributed by atoms with Gasteiger partial charge in [0.05, 0.1) is 36.6 Å². The number of hydrogen-bond donors (Lipinski definition) is 4. The molecule has 8 rings (SSSR count). The molecule has 15 heteroatoms. The molecule has 1 aromatic heterocycles. The van der Waals surface area contributed by atoms with Gasteiger partial charge in [-0.25, -0.2) is 4.98 Å². The summed E-state index contributed by atoms with van der Waals surface area (Å²) in [6, 6.07) is 13.9. The van der Waals surface area contributed by atoms with E-state index in [9.17, 15) is 28.8 Å². The molecule has 4 aromatic rings. The van der Waals surface area contributed by atoms with E-state index in [0.717, 1.165) is 97.4 Å². The first-order valence-corrected chi connectivity index (χ1v) is 22.3. The second kappa shape index (κ2) is 19.3. The number of aromatic nitrogens is 2. The number of carbonyl (C=O) groups is 6. The van der Waals surface area contributed by atoms with Crippen LogP contribution in [0.5, 0.6) is 11.5 Å². The van der Waals surface area contributed by atoms with Gasteiger partial charge >= 0.3 is 0 Å². The lowest BCUT2D eigenvalue weighted by Gasteiger charge is -2.27. The number of imidazole rings is 1. The number of methoxy groups -OCH3 is 1. The highest BCUT2D eigenvalue weighted by Gasteiger charge is 2.45. The van der Waals surface area contributed by atoms with Crippen LogP contribution in [-0.4, -0.2) is 82.7 Å². The number of unbranched alkanes of at least 4 members (excludes halogenated alkanes) is 4. The molecule has 63 heavy (non-hydrogen) atoms. The van der Waals surface area contributed by atoms with E-state index in [2.05, 4.69) is 50.2 Å². The van der Waals surface area contributed by atoms with Crippen molar-refractivity contribution in [2.75, 3.05) is 32.1 Å². The summed E-state index contributed by atoms with van der Waals surface area (Å²) in [5, 5.41) is 11.7. The minimum absolute atomic E-state index is 0.00845. The lowest BCUT2D eigenvalue weighted by atomic mass is 10.0. The van der Waals surface area contributed by atoms with Gasteiger partial charge in [0.1, 0.15) is 23.4 Å². The Labute approximate surface area is 366 Å². The summed E-state index contributed by atoms with van der Waals surface area (Å²) in [6.07, 6.45) is 11.6. The van der Waals surface area contributed by atoms with Crippen molar-refractivity contribution < 1.29 is 38.2 Å². The molecule has 1 fully saturated rings. The Morgan fingerprint density at radius 3 is 2.54 bits per heavy atom. The number of imide groups is 2. The highest BCUT2D eigenvalue weighted by molar-refractivity contribution is 6.25. The van der Waals surface area contributed by atoms with Crippen LogP contribution in [0, 0.1) is 6.92 Å². The Morgan fingerprint density at radius 2 is 1.71 bits per heavy atom. The first-order chi connectivity index (χ1) is 30.6. The van der Waals surface area contributed by atoms with Crippen molar-refractivity contribution in [1.82, 2.24) is 30.4 Å². The third-order valence-electron chi connectivity index (χ3n) is 12.5. The highest BCUT2D eigenvalue weighted by Crippen LogP contribution is 2.37. The van der Waals surface area contributed by atoms with Crippen molar-refractivity contribution in [3.05, 3.63) is 93.9 Å². The van der Waals surface area contributed by atoms with Gasteiger partial charge in [0.2, 0.25) is 17.7 Å². The zero-order valence-corrected chi connectivity index (χ0v) is 36.0. The standard InChI is InChI=1S/C48H55N7O8/c1-29-39(62-2)26-32(45(58)52-35-18-17-30-15-16-31(25-34(30)35)37-28-54-23-9-13-41(54)51-37)27-40(29)63-24-10-22-50-42(56)14-6-4-3-5-7-21-49-36-12-8-11-33-44(36)48(61)55(47(33)60)38-19-20-43(57)53-46(38)59/h8,11-12,15-16,25-28,35,38,49H,3-7,9-10,13-14,17-24H2,1-2H3,(H,50,56)(H,52,58)(H,53,57,59)/t35-,38?/m1/s1. The molecule has 0 saturated carbocycles. The number of amides is 6. The number of piperidine rings is 1. The second-order valence-electron chi connectivity index (χ2n) is 16.8.